The molecule has 3 rings (SSSR count). The summed E-state index contributed by atoms with van der Waals surface area (Å²) in [6.45, 7) is 12.0. The average molecular weight is 405 g/mol. The second-order valence-electron chi connectivity index (χ2n) is 8.12. The molecule has 0 amide bonds. The Kier molecular flexibility index (Phi) is 5.84. The van der Waals surface area contributed by atoms with Crippen LogP contribution in [0.5, 0.6) is 0 Å². The van der Waals surface area contributed by atoms with E-state index in [9.17, 15) is 9.35 Å². The first-order valence-corrected chi connectivity index (χ1v) is 10.5. The first-order valence-electron chi connectivity index (χ1n) is 9.41. The number of hydrogen-bond donors (Lipinski definition) is 0. The Labute approximate surface area is 168 Å². The zero-order chi connectivity index (χ0) is 20.6. The number of aromatic nitrogens is 2. The van der Waals surface area contributed by atoms with Crippen LogP contribution < -0.4 is 10.5 Å². The lowest BCUT2D eigenvalue weighted by molar-refractivity contribution is 0.121. The number of rotatable bonds is 3. The molecule has 7 nitrogen and oxygen atoms in total. The summed E-state index contributed by atoms with van der Waals surface area (Å²) >= 11 is -1.39. The summed E-state index contributed by atoms with van der Waals surface area (Å²) in [7, 11) is 1.75. The molecule has 0 N–H and O–H groups in total. The maximum absolute atomic E-state index is 13.1. The fourth-order valence-electron chi connectivity index (χ4n) is 3.14. The molecular weight excluding hydrogens is 376 g/mol. The number of anilines is 1. The minimum absolute atomic E-state index is 0.0961. The van der Waals surface area contributed by atoms with Crippen LogP contribution in [0.4, 0.5) is 5.95 Å². The van der Waals surface area contributed by atoms with Crippen molar-refractivity contribution in [1.82, 2.24) is 9.55 Å². The average Bonchev–Trinajstić information content (AvgIpc) is 2.64. The van der Waals surface area contributed by atoms with E-state index in [-0.39, 0.29) is 5.56 Å². The number of nitrogens with zero attached hydrogens (tertiary/aromatic N) is 4. The first-order chi connectivity index (χ1) is 13.1. The van der Waals surface area contributed by atoms with E-state index in [0.717, 1.165) is 11.1 Å². The summed E-state index contributed by atoms with van der Waals surface area (Å²) in [5, 5.41) is 0.547. The van der Waals surface area contributed by atoms with Gasteiger partial charge in [0.25, 0.3) is 5.56 Å². The van der Waals surface area contributed by atoms with Crippen LogP contribution in [0.2, 0.25) is 0 Å². The van der Waals surface area contributed by atoms with Crippen LogP contribution in [0.25, 0.3) is 10.9 Å². The van der Waals surface area contributed by atoms with Crippen molar-refractivity contribution < 1.29 is 9.29 Å². The van der Waals surface area contributed by atoms with E-state index < -0.39 is 16.1 Å². The van der Waals surface area contributed by atoms with Crippen LogP contribution in [-0.4, -0.2) is 50.9 Å². The third-order valence-corrected chi connectivity index (χ3v) is 6.22. The van der Waals surface area contributed by atoms with E-state index in [1.165, 1.54) is 0 Å². The van der Waals surface area contributed by atoms with Crippen LogP contribution in [0, 0.1) is 6.92 Å². The van der Waals surface area contributed by atoms with Crippen molar-refractivity contribution in [2.75, 3.05) is 31.2 Å². The monoisotopic (exact) mass is 404 g/mol. The Bertz CT molecular complexity index is 972. The molecule has 0 radical (unpaired) electrons. The Balaban J connectivity index is 2.21. The normalized spacial score (nSPS) is 17.2. The number of aryl methyl sites for hydroxylation is 1. The Morgan fingerprint density at radius 3 is 2.54 bits per heavy atom. The fourth-order valence-corrected chi connectivity index (χ4v) is 3.76. The molecule has 152 valence electrons. The smallest absolute Gasteiger partial charge is 0.262 e. The van der Waals surface area contributed by atoms with E-state index in [1.807, 2.05) is 46.8 Å². The Morgan fingerprint density at radius 1 is 1.29 bits per heavy atom. The lowest BCUT2D eigenvalue weighted by atomic mass is 10.0. The van der Waals surface area contributed by atoms with Gasteiger partial charge in [0.1, 0.15) is 16.1 Å². The third kappa shape index (κ3) is 4.09. The van der Waals surface area contributed by atoms with E-state index in [0.29, 0.717) is 48.9 Å². The zero-order valence-electron chi connectivity index (χ0n) is 17.4. The highest BCUT2D eigenvalue weighted by atomic mass is 32.2. The SMILES string of the molecule is CC(=N[S+]([O-])C(C)(C)C)c1cc(C)cc2c(=O)n(C)c(N3CCOCC3)nc12. The number of benzene rings is 1. The van der Waals surface area contributed by atoms with Crippen molar-refractivity contribution in [3.05, 3.63) is 33.6 Å². The van der Waals surface area contributed by atoms with Gasteiger partial charge < -0.3 is 14.2 Å². The molecule has 1 saturated heterocycles. The minimum atomic E-state index is -1.39. The van der Waals surface area contributed by atoms with Gasteiger partial charge in [-0.2, -0.15) is 0 Å². The van der Waals surface area contributed by atoms with Crippen LogP contribution in [0.15, 0.2) is 21.3 Å². The molecule has 1 unspecified atom stereocenters. The van der Waals surface area contributed by atoms with Gasteiger partial charge in [-0.15, -0.1) is 0 Å². The molecule has 1 aliphatic heterocycles. The molecule has 1 atom stereocenters. The number of hydrogen-bond acceptors (Lipinski definition) is 6. The van der Waals surface area contributed by atoms with Gasteiger partial charge >= 0.3 is 0 Å². The van der Waals surface area contributed by atoms with E-state index in [2.05, 4.69) is 9.30 Å². The quantitative estimate of drug-likeness (QED) is 0.579. The Morgan fingerprint density at radius 2 is 1.93 bits per heavy atom. The van der Waals surface area contributed by atoms with Crippen molar-refractivity contribution in [2.45, 2.75) is 39.4 Å². The van der Waals surface area contributed by atoms with E-state index in [4.69, 9.17) is 9.72 Å². The molecule has 0 spiro atoms. The molecule has 1 aromatic carbocycles. The molecular formula is C20H28N4O3S. The number of fused-ring (bicyclic) bond motifs is 1. The molecule has 8 heteroatoms. The predicted octanol–water partition coefficient (Wildman–Crippen LogP) is 2.35. The number of ether oxygens (including phenoxy) is 1. The summed E-state index contributed by atoms with van der Waals surface area (Å²) in [5.74, 6) is 0.621. The minimum Gasteiger partial charge on any atom is -0.591 e. The van der Waals surface area contributed by atoms with Gasteiger partial charge in [0, 0.05) is 25.7 Å². The van der Waals surface area contributed by atoms with Crippen LogP contribution in [0.3, 0.4) is 0 Å². The van der Waals surface area contributed by atoms with E-state index >= 15 is 0 Å². The maximum atomic E-state index is 13.1. The second-order valence-corrected chi connectivity index (χ2v) is 10.0. The molecule has 1 aliphatic rings. The van der Waals surface area contributed by atoms with Gasteiger partial charge in [0.05, 0.1) is 29.8 Å². The molecule has 2 heterocycles. The lowest BCUT2D eigenvalue weighted by Gasteiger charge is -2.29. The highest BCUT2D eigenvalue weighted by molar-refractivity contribution is 7.91. The van der Waals surface area contributed by atoms with Gasteiger partial charge in [0.2, 0.25) is 5.95 Å². The molecule has 0 saturated carbocycles. The van der Waals surface area contributed by atoms with Crippen molar-refractivity contribution in [1.29, 1.82) is 0 Å². The maximum Gasteiger partial charge on any atom is 0.262 e. The van der Waals surface area contributed by atoms with Gasteiger partial charge in [-0.05, 0) is 52.3 Å². The van der Waals surface area contributed by atoms with Crippen molar-refractivity contribution in [3.8, 4) is 0 Å². The summed E-state index contributed by atoms with van der Waals surface area (Å²) in [6, 6.07) is 3.81. The highest BCUT2D eigenvalue weighted by Crippen LogP contribution is 2.24. The molecule has 1 fully saturated rings. The van der Waals surface area contributed by atoms with Crippen LogP contribution >= 0.6 is 0 Å². The molecule has 2 aromatic rings. The molecule has 0 aliphatic carbocycles. The van der Waals surface area contributed by atoms with Crippen molar-refractivity contribution >= 4 is 33.9 Å². The largest absolute Gasteiger partial charge is 0.591 e. The third-order valence-electron chi connectivity index (χ3n) is 4.73. The van der Waals surface area contributed by atoms with E-state index in [1.54, 1.807) is 11.6 Å². The van der Waals surface area contributed by atoms with Crippen LogP contribution in [-0.2, 0) is 23.1 Å². The topological polar surface area (TPSA) is 82.8 Å². The van der Waals surface area contributed by atoms with Crippen molar-refractivity contribution in [2.24, 2.45) is 11.4 Å². The van der Waals surface area contributed by atoms with Gasteiger partial charge in [0.15, 0.2) is 0 Å². The highest BCUT2D eigenvalue weighted by Gasteiger charge is 2.27. The molecule has 0 bridgehead atoms. The summed E-state index contributed by atoms with van der Waals surface area (Å²) in [4.78, 5) is 20.0. The second kappa shape index (κ2) is 7.85. The summed E-state index contributed by atoms with van der Waals surface area (Å²) in [5.41, 5.74) is 2.82. The van der Waals surface area contributed by atoms with Gasteiger partial charge in [-0.1, -0.05) is 4.40 Å². The number of morpholine rings is 1. The summed E-state index contributed by atoms with van der Waals surface area (Å²) in [6.07, 6.45) is 0. The predicted molar refractivity (Wildman–Crippen MR) is 115 cm³/mol. The van der Waals surface area contributed by atoms with Gasteiger partial charge in [-0.25, -0.2) is 4.98 Å². The van der Waals surface area contributed by atoms with Crippen LogP contribution in [0.1, 0.15) is 38.8 Å². The standard InChI is InChI=1S/C20H28N4O3S/c1-13-11-15(14(2)22-28(26)20(3,4)5)17-16(12-13)18(25)23(6)19(21-17)24-7-9-27-10-8-24/h11-12H,7-10H2,1-6H3. The van der Waals surface area contributed by atoms with Gasteiger partial charge in [-0.3, -0.25) is 9.36 Å². The molecule has 28 heavy (non-hydrogen) atoms. The first kappa shape index (κ1) is 20.8. The fraction of sp³-hybridized carbons (Fsp3) is 0.550. The van der Waals surface area contributed by atoms with Crippen molar-refractivity contribution in [3.63, 3.8) is 0 Å². The lowest BCUT2D eigenvalue weighted by Crippen LogP contribution is -2.40. The molecule has 1 aromatic heterocycles. The Hall–Kier alpha value is -1.90. The zero-order valence-corrected chi connectivity index (χ0v) is 18.2. The summed E-state index contributed by atoms with van der Waals surface area (Å²) < 4.78 is 23.5.